The number of anilines is 1. The summed E-state index contributed by atoms with van der Waals surface area (Å²) in [5, 5.41) is 11.8. The molecule has 0 spiro atoms. The van der Waals surface area contributed by atoms with Gasteiger partial charge < -0.3 is 14.8 Å². The van der Waals surface area contributed by atoms with E-state index in [2.05, 4.69) is 10.3 Å². The van der Waals surface area contributed by atoms with Crippen molar-refractivity contribution in [2.24, 2.45) is 10.4 Å². The minimum atomic E-state index is -4.09. The Balaban J connectivity index is 2.61. The van der Waals surface area contributed by atoms with Crippen LogP contribution in [0.3, 0.4) is 0 Å². The number of hydrogen-bond acceptors (Lipinski definition) is 6. The van der Waals surface area contributed by atoms with Crippen molar-refractivity contribution in [3.63, 3.8) is 0 Å². The van der Waals surface area contributed by atoms with Crippen LogP contribution >= 0.6 is 11.6 Å². The highest BCUT2D eigenvalue weighted by Crippen LogP contribution is 2.28. The average Bonchev–Trinajstić information content (AvgIpc) is 2.73. The van der Waals surface area contributed by atoms with E-state index in [-0.39, 0.29) is 22.2 Å². The molecule has 1 N–H and O–H groups in total. The molecule has 172 valence electrons. The molecule has 0 saturated heterocycles. The van der Waals surface area contributed by atoms with Crippen LogP contribution < -0.4 is 14.8 Å². The summed E-state index contributed by atoms with van der Waals surface area (Å²) in [4.78, 5) is 4.61. The van der Waals surface area contributed by atoms with Crippen molar-refractivity contribution in [2.45, 2.75) is 43.9 Å². The Morgan fingerprint density at radius 3 is 2.06 bits per heavy atom. The van der Waals surface area contributed by atoms with Gasteiger partial charge in [-0.25, -0.2) is 8.42 Å². The van der Waals surface area contributed by atoms with E-state index in [1.165, 1.54) is 38.5 Å². The van der Waals surface area contributed by atoms with Crippen LogP contribution in [0.25, 0.3) is 0 Å². The number of amidine groups is 1. The van der Waals surface area contributed by atoms with Gasteiger partial charge in [0.1, 0.15) is 17.3 Å². The molecule has 0 aliphatic heterocycles. The van der Waals surface area contributed by atoms with E-state index < -0.39 is 15.1 Å². The van der Waals surface area contributed by atoms with Gasteiger partial charge in [-0.1, -0.05) is 32.4 Å². The number of nitrogens with zero attached hydrogens (tertiary/aromatic N) is 2. The molecule has 2 rings (SSSR count). The Kier molecular flexibility index (Phi) is 8.16. The van der Waals surface area contributed by atoms with Gasteiger partial charge in [0.25, 0.3) is 0 Å². The molecule has 2 unspecified atom stereocenters. The Bertz CT molecular complexity index is 1100. The molecule has 2 atom stereocenters. The topological polar surface area (TPSA) is 101 Å². The zero-order chi connectivity index (χ0) is 24.1. The molecule has 9 heteroatoms. The number of methoxy groups -OCH3 is 2. The number of sulfone groups is 1. The first-order valence-electron chi connectivity index (χ1n) is 9.89. The maximum absolute atomic E-state index is 13.3. The molecule has 0 aliphatic carbocycles. The van der Waals surface area contributed by atoms with E-state index >= 15 is 0 Å². The van der Waals surface area contributed by atoms with Crippen LogP contribution in [0.15, 0.2) is 52.4 Å². The van der Waals surface area contributed by atoms with Crippen molar-refractivity contribution in [1.29, 1.82) is 5.26 Å². The van der Waals surface area contributed by atoms with Gasteiger partial charge in [-0.2, -0.15) is 5.26 Å². The zero-order valence-corrected chi connectivity index (χ0v) is 20.6. The Morgan fingerprint density at radius 1 is 1.09 bits per heavy atom. The summed E-state index contributed by atoms with van der Waals surface area (Å²) < 4.78 is 37.3. The number of ether oxygens (including phenoxy) is 2. The number of aliphatic imine (C=N–C) groups is 1. The molecule has 0 fully saturated rings. The zero-order valence-electron chi connectivity index (χ0n) is 19.0. The summed E-state index contributed by atoms with van der Waals surface area (Å²) in [6.45, 7) is 7.84. The summed E-state index contributed by atoms with van der Waals surface area (Å²) in [7, 11) is -1.06. The van der Waals surface area contributed by atoms with E-state index in [1.807, 2.05) is 33.8 Å². The van der Waals surface area contributed by atoms with Gasteiger partial charge in [0.15, 0.2) is 0 Å². The van der Waals surface area contributed by atoms with E-state index in [9.17, 15) is 13.7 Å². The molecule has 2 aromatic rings. The molecule has 0 radical (unpaired) electrons. The summed E-state index contributed by atoms with van der Waals surface area (Å²) in [6.07, 6.45) is 0. The molecule has 2 aromatic carbocycles. The molecule has 0 aromatic heterocycles. The first-order valence-corrected chi connectivity index (χ1v) is 11.8. The van der Waals surface area contributed by atoms with Crippen LogP contribution in [0.1, 0.15) is 27.7 Å². The van der Waals surface area contributed by atoms with Crippen LogP contribution in [-0.4, -0.2) is 39.8 Å². The van der Waals surface area contributed by atoms with Gasteiger partial charge in [-0.15, -0.1) is 0 Å². The average molecular weight is 478 g/mol. The second kappa shape index (κ2) is 10.2. The molecular weight excluding hydrogens is 450 g/mol. The third-order valence-corrected chi connectivity index (χ3v) is 7.16. The first kappa shape index (κ1) is 25.5. The van der Waals surface area contributed by atoms with Crippen LogP contribution in [-0.2, 0) is 9.84 Å². The predicted molar refractivity (Wildman–Crippen MR) is 128 cm³/mol. The molecule has 0 aliphatic rings. The van der Waals surface area contributed by atoms with E-state index in [0.29, 0.717) is 22.2 Å². The lowest BCUT2D eigenvalue weighted by Gasteiger charge is -2.26. The van der Waals surface area contributed by atoms with Gasteiger partial charge in [-0.3, -0.25) is 4.99 Å². The SMILES string of the molecule is COc1cc(NC(=NC(C)C(C)(C)C)C(C#N)S(=O)(=O)c2ccc(Cl)cc2)cc(OC)c1. The number of benzene rings is 2. The van der Waals surface area contributed by atoms with Crippen molar-refractivity contribution in [2.75, 3.05) is 19.5 Å². The third kappa shape index (κ3) is 6.15. The van der Waals surface area contributed by atoms with Crippen LogP contribution in [0.2, 0.25) is 5.02 Å². The Labute approximate surface area is 194 Å². The maximum Gasteiger partial charge on any atom is 0.209 e. The number of nitrogens with one attached hydrogen (secondary N) is 1. The van der Waals surface area contributed by atoms with E-state index in [4.69, 9.17) is 21.1 Å². The molecule has 0 heterocycles. The number of hydrogen-bond donors (Lipinski definition) is 1. The second-order valence-corrected chi connectivity index (χ2v) is 10.8. The van der Waals surface area contributed by atoms with Crippen LogP contribution in [0.5, 0.6) is 11.5 Å². The second-order valence-electron chi connectivity index (χ2n) is 8.29. The third-order valence-electron chi connectivity index (χ3n) is 5.03. The fourth-order valence-corrected chi connectivity index (χ4v) is 4.10. The van der Waals surface area contributed by atoms with Crippen molar-refractivity contribution < 1.29 is 17.9 Å². The minimum Gasteiger partial charge on any atom is -0.497 e. The lowest BCUT2D eigenvalue weighted by atomic mass is 9.88. The Hall–Kier alpha value is -2.76. The van der Waals surface area contributed by atoms with E-state index in [0.717, 1.165) is 0 Å². The molecule has 0 amide bonds. The van der Waals surface area contributed by atoms with Gasteiger partial charge >= 0.3 is 0 Å². The summed E-state index contributed by atoms with van der Waals surface area (Å²) in [5.41, 5.74) is 0.218. The summed E-state index contributed by atoms with van der Waals surface area (Å²) >= 11 is 5.90. The molecule has 0 bridgehead atoms. The van der Waals surface area contributed by atoms with Crippen molar-refractivity contribution >= 4 is 33.0 Å². The fourth-order valence-electron chi connectivity index (χ4n) is 2.63. The van der Waals surface area contributed by atoms with Crippen molar-refractivity contribution in [3.8, 4) is 17.6 Å². The highest BCUT2D eigenvalue weighted by atomic mass is 35.5. The van der Waals surface area contributed by atoms with Gasteiger partial charge in [0.2, 0.25) is 15.1 Å². The standard InChI is InChI=1S/C23H28ClN3O4S/c1-15(23(2,3)4)26-22(27-17-11-18(30-5)13-19(12-17)31-6)21(14-25)32(28,29)20-9-7-16(24)8-10-20/h7-13,15,21H,1-6H3,(H,26,27). The summed E-state index contributed by atoms with van der Waals surface area (Å²) in [6, 6.07) is 12.3. The quantitative estimate of drug-likeness (QED) is 0.446. The predicted octanol–water partition coefficient (Wildman–Crippen LogP) is 4.97. The Morgan fingerprint density at radius 2 is 1.62 bits per heavy atom. The molecule has 0 saturated carbocycles. The highest BCUT2D eigenvalue weighted by molar-refractivity contribution is 7.93. The van der Waals surface area contributed by atoms with Gasteiger partial charge in [0.05, 0.1) is 31.2 Å². The van der Waals surface area contributed by atoms with Gasteiger partial charge in [0, 0.05) is 28.9 Å². The normalized spacial score (nSPS) is 14.2. The van der Waals surface area contributed by atoms with Crippen LogP contribution in [0.4, 0.5) is 5.69 Å². The number of nitriles is 1. The highest BCUT2D eigenvalue weighted by Gasteiger charge is 2.34. The molecular formula is C23H28ClN3O4S. The first-order chi connectivity index (χ1) is 14.9. The minimum absolute atomic E-state index is 0.0141. The largest absolute Gasteiger partial charge is 0.497 e. The van der Waals surface area contributed by atoms with Crippen molar-refractivity contribution in [3.05, 3.63) is 47.5 Å². The summed E-state index contributed by atoms with van der Waals surface area (Å²) in [5.74, 6) is 1.02. The smallest absolute Gasteiger partial charge is 0.209 e. The van der Waals surface area contributed by atoms with E-state index in [1.54, 1.807) is 18.2 Å². The fraction of sp³-hybridized carbons (Fsp3) is 0.391. The number of halogens is 1. The number of rotatable bonds is 7. The monoisotopic (exact) mass is 477 g/mol. The van der Waals surface area contributed by atoms with Crippen molar-refractivity contribution in [1.82, 2.24) is 0 Å². The van der Waals surface area contributed by atoms with Gasteiger partial charge in [-0.05, 0) is 36.6 Å². The van der Waals surface area contributed by atoms with Crippen LogP contribution in [0, 0.1) is 16.7 Å². The molecule has 32 heavy (non-hydrogen) atoms. The maximum atomic E-state index is 13.3. The lowest BCUT2D eigenvalue weighted by Crippen LogP contribution is -2.36. The lowest BCUT2D eigenvalue weighted by molar-refractivity contribution is 0.341. The molecule has 7 nitrogen and oxygen atoms in total.